The Labute approximate surface area is 125 Å². The maximum atomic E-state index is 6.38. The molecule has 1 atom stereocenters. The molecule has 3 heteroatoms. The van der Waals surface area contributed by atoms with Crippen molar-refractivity contribution >= 4 is 0 Å². The van der Waals surface area contributed by atoms with Gasteiger partial charge in [-0.3, -0.25) is 0 Å². The molecule has 3 rings (SSSR count). The number of nitrogens with two attached hydrogens (primary N) is 1. The number of hydrogen-bond donors (Lipinski definition) is 1. The fourth-order valence-electron chi connectivity index (χ4n) is 2.73. The minimum atomic E-state index is 0.0830. The predicted octanol–water partition coefficient (Wildman–Crippen LogP) is 3.91. The van der Waals surface area contributed by atoms with Crippen LogP contribution in [0.1, 0.15) is 24.4 Å². The van der Waals surface area contributed by atoms with Crippen LogP contribution in [0.5, 0.6) is 11.5 Å². The predicted molar refractivity (Wildman–Crippen MR) is 83.4 cm³/mol. The molecule has 0 amide bonds. The van der Waals surface area contributed by atoms with Gasteiger partial charge in [-0.1, -0.05) is 30.3 Å². The summed E-state index contributed by atoms with van der Waals surface area (Å²) in [6, 6.07) is 18.0. The molecule has 0 aliphatic carbocycles. The minimum absolute atomic E-state index is 0.0830. The van der Waals surface area contributed by atoms with E-state index in [0.717, 1.165) is 37.6 Å². The fourth-order valence-corrected chi connectivity index (χ4v) is 2.73. The Morgan fingerprint density at radius 2 is 1.52 bits per heavy atom. The van der Waals surface area contributed by atoms with E-state index in [1.54, 1.807) is 0 Å². The quantitative estimate of drug-likeness (QED) is 0.925. The van der Waals surface area contributed by atoms with Crippen LogP contribution in [-0.2, 0) is 4.74 Å². The number of para-hydroxylation sites is 1. The number of benzene rings is 2. The van der Waals surface area contributed by atoms with Gasteiger partial charge in [0, 0.05) is 19.3 Å². The van der Waals surface area contributed by atoms with E-state index >= 15 is 0 Å². The highest BCUT2D eigenvalue weighted by Crippen LogP contribution is 2.29. The lowest BCUT2D eigenvalue weighted by Gasteiger charge is -2.27. The number of hydrogen-bond acceptors (Lipinski definition) is 3. The van der Waals surface area contributed by atoms with Crippen LogP contribution in [0.4, 0.5) is 0 Å². The minimum Gasteiger partial charge on any atom is -0.457 e. The second-order valence-electron chi connectivity index (χ2n) is 5.46. The van der Waals surface area contributed by atoms with Gasteiger partial charge in [0.15, 0.2) is 0 Å². The summed E-state index contributed by atoms with van der Waals surface area (Å²) in [6.45, 7) is 1.65. The van der Waals surface area contributed by atoms with Crippen molar-refractivity contribution in [1.82, 2.24) is 0 Å². The Kier molecular flexibility index (Phi) is 4.53. The number of rotatable bonds is 4. The highest BCUT2D eigenvalue weighted by Gasteiger charge is 2.22. The molecule has 0 bridgehead atoms. The van der Waals surface area contributed by atoms with Crippen molar-refractivity contribution in [1.29, 1.82) is 0 Å². The van der Waals surface area contributed by atoms with Crippen LogP contribution in [0.3, 0.4) is 0 Å². The molecule has 3 nitrogen and oxygen atoms in total. The molecule has 2 aromatic rings. The van der Waals surface area contributed by atoms with Gasteiger partial charge in [0.05, 0.1) is 0 Å². The molecule has 1 heterocycles. The van der Waals surface area contributed by atoms with Gasteiger partial charge < -0.3 is 15.2 Å². The third kappa shape index (κ3) is 3.63. The summed E-state index contributed by atoms with van der Waals surface area (Å²) < 4.78 is 11.2. The Bertz CT molecular complexity index is 547. The molecule has 2 aromatic carbocycles. The molecule has 0 saturated carbocycles. The first kappa shape index (κ1) is 14.1. The van der Waals surface area contributed by atoms with Crippen molar-refractivity contribution in [3.8, 4) is 11.5 Å². The van der Waals surface area contributed by atoms with E-state index < -0.39 is 0 Å². The fraction of sp³-hybridized carbons (Fsp3) is 0.333. The summed E-state index contributed by atoms with van der Waals surface area (Å²) in [7, 11) is 0. The lowest BCUT2D eigenvalue weighted by atomic mass is 9.88. The normalized spacial score (nSPS) is 17.4. The summed E-state index contributed by atoms with van der Waals surface area (Å²) in [6.07, 6.45) is 2.09. The first-order valence-electron chi connectivity index (χ1n) is 7.49. The van der Waals surface area contributed by atoms with Crippen LogP contribution >= 0.6 is 0 Å². The smallest absolute Gasteiger partial charge is 0.127 e. The van der Waals surface area contributed by atoms with Crippen LogP contribution in [0.25, 0.3) is 0 Å². The zero-order chi connectivity index (χ0) is 14.5. The van der Waals surface area contributed by atoms with Crippen molar-refractivity contribution in [2.75, 3.05) is 13.2 Å². The second-order valence-corrected chi connectivity index (χ2v) is 5.46. The summed E-state index contributed by atoms with van der Waals surface area (Å²) >= 11 is 0. The highest BCUT2D eigenvalue weighted by atomic mass is 16.5. The lowest BCUT2D eigenvalue weighted by Crippen LogP contribution is -2.27. The Balaban J connectivity index is 1.66. The maximum Gasteiger partial charge on any atom is 0.127 e. The molecule has 0 unspecified atom stereocenters. The van der Waals surface area contributed by atoms with E-state index in [1.165, 1.54) is 5.56 Å². The summed E-state index contributed by atoms with van der Waals surface area (Å²) in [5, 5.41) is 0. The van der Waals surface area contributed by atoms with E-state index in [0.29, 0.717) is 5.92 Å². The van der Waals surface area contributed by atoms with Crippen molar-refractivity contribution in [3.05, 3.63) is 60.2 Å². The SMILES string of the molecule is N[C@H](c1ccc(Oc2ccccc2)cc1)C1CCOCC1. The Morgan fingerprint density at radius 3 is 2.19 bits per heavy atom. The van der Waals surface area contributed by atoms with Gasteiger partial charge >= 0.3 is 0 Å². The van der Waals surface area contributed by atoms with Crippen molar-refractivity contribution in [2.24, 2.45) is 11.7 Å². The van der Waals surface area contributed by atoms with Crippen molar-refractivity contribution in [3.63, 3.8) is 0 Å². The van der Waals surface area contributed by atoms with Crippen LogP contribution in [-0.4, -0.2) is 13.2 Å². The van der Waals surface area contributed by atoms with Crippen LogP contribution in [0, 0.1) is 5.92 Å². The zero-order valence-corrected chi connectivity index (χ0v) is 12.1. The Hall–Kier alpha value is -1.84. The average molecular weight is 283 g/mol. The standard InChI is InChI=1S/C18H21NO2/c19-18(15-10-12-20-13-11-15)14-6-8-17(9-7-14)21-16-4-2-1-3-5-16/h1-9,15,18H,10-13,19H2/t18-/m1/s1. The van der Waals surface area contributed by atoms with Crippen molar-refractivity contribution < 1.29 is 9.47 Å². The zero-order valence-electron chi connectivity index (χ0n) is 12.1. The molecule has 2 N–H and O–H groups in total. The van der Waals surface area contributed by atoms with Crippen LogP contribution in [0.2, 0.25) is 0 Å². The van der Waals surface area contributed by atoms with E-state index in [9.17, 15) is 0 Å². The van der Waals surface area contributed by atoms with Crippen LogP contribution < -0.4 is 10.5 Å². The van der Waals surface area contributed by atoms with Gasteiger partial charge in [-0.25, -0.2) is 0 Å². The van der Waals surface area contributed by atoms with Crippen LogP contribution in [0.15, 0.2) is 54.6 Å². The molecule has 1 aliphatic rings. The molecule has 0 aromatic heterocycles. The van der Waals surface area contributed by atoms with Crippen molar-refractivity contribution in [2.45, 2.75) is 18.9 Å². The summed E-state index contributed by atoms with van der Waals surface area (Å²) in [5.41, 5.74) is 7.54. The summed E-state index contributed by atoms with van der Waals surface area (Å²) in [4.78, 5) is 0. The van der Waals surface area contributed by atoms with E-state index in [1.807, 2.05) is 42.5 Å². The molecule has 110 valence electrons. The molecule has 0 radical (unpaired) electrons. The van der Waals surface area contributed by atoms with Gasteiger partial charge in [0.1, 0.15) is 11.5 Å². The van der Waals surface area contributed by atoms with E-state index in [4.69, 9.17) is 15.2 Å². The second kappa shape index (κ2) is 6.74. The first-order valence-corrected chi connectivity index (χ1v) is 7.49. The first-order chi connectivity index (χ1) is 10.3. The van der Waals surface area contributed by atoms with E-state index in [2.05, 4.69) is 12.1 Å². The molecular weight excluding hydrogens is 262 g/mol. The molecule has 1 aliphatic heterocycles. The van der Waals surface area contributed by atoms with Gasteiger partial charge in [0.25, 0.3) is 0 Å². The van der Waals surface area contributed by atoms with Gasteiger partial charge in [-0.15, -0.1) is 0 Å². The molecule has 1 fully saturated rings. The maximum absolute atomic E-state index is 6.38. The third-order valence-corrected chi connectivity index (χ3v) is 4.02. The molecule has 1 saturated heterocycles. The van der Waals surface area contributed by atoms with Gasteiger partial charge in [-0.2, -0.15) is 0 Å². The number of ether oxygens (including phenoxy) is 2. The molecule has 21 heavy (non-hydrogen) atoms. The molecule has 0 spiro atoms. The topological polar surface area (TPSA) is 44.5 Å². The monoisotopic (exact) mass is 283 g/mol. The summed E-state index contributed by atoms with van der Waals surface area (Å²) in [5.74, 6) is 2.20. The van der Waals surface area contributed by atoms with Gasteiger partial charge in [0.2, 0.25) is 0 Å². The largest absolute Gasteiger partial charge is 0.457 e. The third-order valence-electron chi connectivity index (χ3n) is 4.02. The van der Waals surface area contributed by atoms with Gasteiger partial charge in [-0.05, 0) is 48.6 Å². The lowest BCUT2D eigenvalue weighted by molar-refractivity contribution is 0.0584. The highest BCUT2D eigenvalue weighted by molar-refractivity contribution is 5.34. The average Bonchev–Trinajstić information content (AvgIpc) is 2.57. The Morgan fingerprint density at radius 1 is 0.905 bits per heavy atom. The molecular formula is C18H21NO2. The van der Waals surface area contributed by atoms with E-state index in [-0.39, 0.29) is 6.04 Å².